The number of carbonyl (C=O) groups excluding carboxylic acids is 4. The molecule has 0 saturated heterocycles. The highest BCUT2D eigenvalue weighted by Gasteiger charge is 2.30. The monoisotopic (exact) mass is 727 g/mol. The number of hydrogen-bond acceptors (Lipinski definition) is 9. The lowest BCUT2D eigenvalue weighted by molar-refractivity contribution is -0.115. The highest BCUT2D eigenvalue weighted by Crippen LogP contribution is 2.40. The van der Waals surface area contributed by atoms with E-state index >= 15 is 0 Å². The zero-order valence-corrected chi connectivity index (χ0v) is 30.8. The number of thioether (sulfide) groups is 1. The minimum Gasteiger partial charge on any atom is -0.497 e. The average molecular weight is 728 g/mol. The molecule has 0 radical (unpaired) electrons. The largest absolute Gasteiger partial charge is 0.497 e. The second kappa shape index (κ2) is 17.2. The molecule has 1 aliphatic carbocycles. The summed E-state index contributed by atoms with van der Waals surface area (Å²) in [6, 6.07) is 20.8. The Kier molecular flexibility index (Phi) is 12.6. The molecule has 0 bridgehead atoms. The molecule has 1 aliphatic rings. The van der Waals surface area contributed by atoms with Crippen LogP contribution in [0.15, 0.2) is 83.4 Å². The van der Waals surface area contributed by atoms with Crippen molar-refractivity contribution in [3.8, 4) is 11.5 Å². The molecule has 51 heavy (non-hydrogen) atoms. The molecule has 0 saturated carbocycles. The number of nitrogens with one attached hydrogen (secondary N) is 3. The van der Waals surface area contributed by atoms with Crippen molar-refractivity contribution in [3.63, 3.8) is 0 Å². The van der Waals surface area contributed by atoms with Crippen molar-refractivity contribution in [2.75, 3.05) is 31.5 Å². The minimum atomic E-state index is -0.570. The van der Waals surface area contributed by atoms with Gasteiger partial charge in [-0.2, -0.15) is 0 Å². The maximum absolute atomic E-state index is 13.7. The highest BCUT2D eigenvalue weighted by atomic mass is 32.2. The summed E-state index contributed by atoms with van der Waals surface area (Å²) in [5.74, 6) is -0.172. The number of ether oxygens (including phenoxy) is 3. The van der Waals surface area contributed by atoms with Crippen molar-refractivity contribution in [1.29, 1.82) is 0 Å². The van der Waals surface area contributed by atoms with E-state index in [2.05, 4.69) is 22.9 Å². The van der Waals surface area contributed by atoms with E-state index in [1.54, 1.807) is 80.6 Å². The van der Waals surface area contributed by atoms with Crippen LogP contribution in [0.2, 0.25) is 0 Å². The summed E-state index contributed by atoms with van der Waals surface area (Å²) in [5, 5.41) is 8.60. The molecule has 4 aromatic rings. The van der Waals surface area contributed by atoms with E-state index < -0.39 is 23.0 Å². The molecule has 1 heterocycles. The van der Waals surface area contributed by atoms with Crippen molar-refractivity contribution in [2.24, 2.45) is 5.92 Å². The smallest absolute Gasteiger partial charge is 0.341 e. The number of esters is 1. The molecular weight excluding hydrogens is 687 g/mol. The Morgan fingerprint density at radius 2 is 1.76 bits per heavy atom. The van der Waals surface area contributed by atoms with Crippen molar-refractivity contribution in [3.05, 3.63) is 106 Å². The number of anilines is 2. The lowest BCUT2D eigenvalue weighted by Gasteiger charge is -2.18. The predicted octanol–water partition coefficient (Wildman–Crippen LogP) is 7.60. The van der Waals surface area contributed by atoms with E-state index in [1.165, 1.54) is 43.4 Å². The van der Waals surface area contributed by atoms with Crippen LogP contribution in [0, 0.1) is 5.92 Å². The lowest BCUT2D eigenvalue weighted by atomic mass is 9.88. The predicted molar refractivity (Wildman–Crippen MR) is 202 cm³/mol. The number of benzene rings is 3. The summed E-state index contributed by atoms with van der Waals surface area (Å²) < 4.78 is 16.2. The van der Waals surface area contributed by atoms with Crippen molar-refractivity contribution in [2.45, 2.75) is 50.2 Å². The van der Waals surface area contributed by atoms with Crippen LogP contribution in [-0.4, -0.2) is 49.8 Å². The third-order valence-corrected chi connectivity index (χ3v) is 10.5. The number of fused-ring (bicyclic) bond motifs is 1. The van der Waals surface area contributed by atoms with Gasteiger partial charge in [0.2, 0.25) is 5.91 Å². The van der Waals surface area contributed by atoms with Gasteiger partial charge in [0.25, 0.3) is 11.8 Å². The quantitative estimate of drug-likeness (QED) is 0.0729. The van der Waals surface area contributed by atoms with Gasteiger partial charge in [0.15, 0.2) is 0 Å². The summed E-state index contributed by atoms with van der Waals surface area (Å²) in [7, 11) is 3.05. The average Bonchev–Trinajstić information content (AvgIpc) is 3.48. The standard InChI is InChI=1S/C39H41N3O7S2/c1-6-49-39(46)34-30-17-15-23(2)19-33(30)51-38(34)42-35(43)24(3)50-29-14-10-13-27(22-29)40-37(45)31(41-36(44)25-11-8-7-9-12-25)21-26-20-28(47-4)16-18-32(26)48-5/h7-14,16,18,20-24H,6,15,17,19H2,1-5H3,(H,40,45)(H,41,44)(H,42,43)/b31-21+. The molecule has 3 N–H and O–H groups in total. The second-order valence-corrected chi connectivity index (χ2v) is 14.5. The Hall–Kier alpha value is -5.07. The molecule has 0 fully saturated rings. The Balaban J connectivity index is 1.33. The van der Waals surface area contributed by atoms with E-state index in [9.17, 15) is 19.2 Å². The van der Waals surface area contributed by atoms with Gasteiger partial charge in [0, 0.05) is 26.6 Å². The van der Waals surface area contributed by atoms with Crippen LogP contribution in [0.4, 0.5) is 10.7 Å². The van der Waals surface area contributed by atoms with Gasteiger partial charge < -0.3 is 30.2 Å². The minimum absolute atomic E-state index is 0.0216. The summed E-state index contributed by atoms with van der Waals surface area (Å²) in [5.41, 5.74) is 2.78. The number of rotatable bonds is 13. The Morgan fingerprint density at radius 1 is 0.980 bits per heavy atom. The fraction of sp³-hybridized carbons (Fsp3) is 0.282. The fourth-order valence-electron chi connectivity index (χ4n) is 5.62. The molecule has 10 nitrogen and oxygen atoms in total. The van der Waals surface area contributed by atoms with Gasteiger partial charge in [-0.25, -0.2) is 4.79 Å². The molecule has 2 atom stereocenters. The molecule has 3 aromatic carbocycles. The summed E-state index contributed by atoms with van der Waals surface area (Å²) >= 11 is 2.76. The van der Waals surface area contributed by atoms with E-state index in [0.29, 0.717) is 44.8 Å². The molecule has 12 heteroatoms. The third kappa shape index (κ3) is 9.39. The van der Waals surface area contributed by atoms with E-state index in [4.69, 9.17) is 14.2 Å². The molecular formula is C39H41N3O7S2. The van der Waals surface area contributed by atoms with Gasteiger partial charge in [-0.05, 0) is 99.2 Å². The summed E-state index contributed by atoms with van der Waals surface area (Å²) in [6.45, 7) is 5.99. The van der Waals surface area contributed by atoms with Crippen LogP contribution in [-0.2, 0) is 27.2 Å². The lowest BCUT2D eigenvalue weighted by Crippen LogP contribution is -2.30. The number of thiophene rings is 1. The zero-order valence-electron chi connectivity index (χ0n) is 29.2. The van der Waals surface area contributed by atoms with Crippen LogP contribution in [0.5, 0.6) is 11.5 Å². The second-order valence-electron chi connectivity index (χ2n) is 12.0. The Bertz CT molecular complexity index is 1940. The normalized spacial score (nSPS) is 14.5. The van der Waals surface area contributed by atoms with Crippen molar-refractivity contribution < 1.29 is 33.4 Å². The first-order valence-corrected chi connectivity index (χ1v) is 18.3. The van der Waals surface area contributed by atoms with Crippen LogP contribution in [0.3, 0.4) is 0 Å². The van der Waals surface area contributed by atoms with Gasteiger partial charge in [0.05, 0.1) is 31.6 Å². The SMILES string of the molecule is CCOC(=O)c1c(NC(=O)C(C)Sc2cccc(NC(=O)/C(=C\c3cc(OC)ccc3OC)NC(=O)c3ccccc3)c2)sc2c1CCC(C)C2. The molecule has 266 valence electrons. The number of carbonyl (C=O) groups is 4. The third-order valence-electron chi connectivity index (χ3n) is 8.27. The van der Waals surface area contributed by atoms with Gasteiger partial charge in [-0.15, -0.1) is 23.1 Å². The Labute approximate surface area is 306 Å². The van der Waals surface area contributed by atoms with Crippen molar-refractivity contribution >= 4 is 63.6 Å². The number of amides is 3. The first-order valence-electron chi connectivity index (χ1n) is 16.6. The summed E-state index contributed by atoms with van der Waals surface area (Å²) in [6.07, 6.45) is 4.15. The molecule has 0 aliphatic heterocycles. The fourth-order valence-corrected chi connectivity index (χ4v) is 7.95. The van der Waals surface area contributed by atoms with Crippen LogP contribution >= 0.6 is 23.1 Å². The van der Waals surface area contributed by atoms with Gasteiger partial charge in [0.1, 0.15) is 22.2 Å². The first kappa shape index (κ1) is 37.2. The van der Waals surface area contributed by atoms with Gasteiger partial charge in [-0.1, -0.05) is 31.2 Å². The van der Waals surface area contributed by atoms with Crippen molar-refractivity contribution in [1.82, 2.24) is 5.32 Å². The Morgan fingerprint density at radius 3 is 2.49 bits per heavy atom. The maximum atomic E-state index is 13.7. The molecule has 0 spiro atoms. The van der Waals surface area contributed by atoms with E-state index in [0.717, 1.165) is 34.6 Å². The first-order chi connectivity index (χ1) is 24.6. The van der Waals surface area contributed by atoms with Gasteiger partial charge in [-0.3, -0.25) is 14.4 Å². The molecule has 1 aromatic heterocycles. The zero-order chi connectivity index (χ0) is 36.5. The van der Waals surface area contributed by atoms with E-state index in [-0.39, 0.29) is 18.2 Å². The molecule has 2 unspecified atom stereocenters. The van der Waals surface area contributed by atoms with E-state index in [1.807, 2.05) is 6.07 Å². The molecule has 5 rings (SSSR count). The maximum Gasteiger partial charge on any atom is 0.341 e. The van der Waals surface area contributed by atoms with Gasteiger partial charge >= 0.3 is 5.97 Å². The highest BCUT2D eigenvalue weighted by molar-refractivity contribution is 8.00. The number of hydrogen-bond donors (Lipinski definition) is 3. The number of methoxy groups -OCH3 is 2. The summed E-state index contributed by atoms with van der Waals surface area (Å²) in [4.78, 5) is 55.2. The topological polar surface area (TPSA) is 132 Å². The van der Waals surface area contributed by atoms with Crippen LogP contribution < -0.4 is 25.4 Å². The van der Waals surface area contributed by atoms with Crippen LogP contribution in [0.25, 0.3) is 6.08 Å². The molecule has 3 amide bonds. The van der Waals surface area contributed by atoms with Crippen LogP contribution in [0.1, 0.15) is 63.9 Å².